The van der Waals surface area contributed by atoms with E-state index in [-0.39, 0.29) is 25.7 Å². The highest BCUT2D eigenvalue weighted by Gasteiger charge is 2.05. The maximum absolute atomic E-state index is 11.8. The van der Waals surface area contributed by atoms with Crippen molar-refractivity contribution in [2.45, 2.75) is 6.42 Å². The van der Waals surface area contributed by atoms with Gasteiger partial charge in [0.1, 0.15) is 6.61 Å². The molecule has 0 aromatic heterocycles. The van der Waals surface area contributed by atoms with Crippen molar-refractivity contribution in [3.8, 4) is 11.8 Å². The van der Waals surface area contributed by atoms with Gasteiger partial charge in [-0.05, 0) is 18.2 Å². The number of nitrogens with one attached hydrogen (secondary N) is 1. The molecule has 1 aromatic rings. The van der Waals surface area contributed by atoms with Crippen LogP contribution in [0.5, 0.6) is 0 Å². The van der Waals surface area contributed by atoms with Gasteiger partial charge in [0, 0.05) is 17.5 Å². The summed E-state index contributed by atoms with van der Waals surface area (Å²) in [6.07, 6.45) is -0.485. The Morgan fingerprint density at radius 2 is 2.20 bits per heavy atom. The van der Waals surface area contributed by atoms with E-state index in [1.54, 1.807) is 24.3 Å². The van der Waals surface area contributed by atoms with Crippen molar-refractivity contribution in [1.82, 2.24) is 5.32 Å². The molecule has 2 amide bonds. The van der Waals surface area contributed by atoms with Gasteiger partial charge in [0.15, 0.2) is 0 Å². The van der Waals surface area contributed by atoms with Gasteiger partial charge in [-0.2, -0.15) is 0 Å². The average Bonchev–Trinajstić information content (AvgIpc) is 2.44. The van der Waals surface area contributed by atoms with Gasteiger partial charge in [-0.15, -0.1) is 0 Å². The molecule has 0 aliphatic heterocycles. The number of hydrogen-bond donors (Lipinski definition) is 3. The van der Waals surface area contributed by atoms with Crippen LogP contribution in [0, 0.1) is 11.8 Å². The molecule has 0 radical (unpaired) electrons. The molecular weight excluding hydrogens is 260 g/mol. The predicted molar refractivity (Wildman–Crippen MR) is 72.9 cm³/mol. The lowest BCUT2D eigenvalue weighted by atomic mass is 10.1. The van der Waals surface area contributed by atoms with Crippen molar-refractivity contribution in [2.75, 3.05) is 19.8 Å². The first kappa shape index (κ1) is 15.5. The summed E-state index contributed by atoms with van der Waals surface area (Å²) < 4.78 is 4.50. The van der Waals surface area contributed by atoms with Crippen LogP contribution in [0.3, 0.4) is 0 Å². The largest absolute Gasteiger partial charge is 0.448 e. The molecule has 1 aromatic carbocycles. The Morgan fingerprint density at radius 3 is 2.90 bits per heavy atom. The second kappa shape index (κ2) is 8.56. The summed E-state index contributed by atoms with van der Waals surface area (Å²) in [5, 5.41) is 11.2. The molecule has 0 heterocycles. The highest BCUT2D eigenvalue weighted by Crippen LogP contribution is 2.04. The minimum Gasteiger partial charge on any atom is -0.448 e. The highest BCUT2D eigenvalue weighted by molar-refractivity contribution is 5.94. The molecule has 0 saturated heterocycles. The summed E-state index contributed by atoms with van der Waals surface area (Å²) in [7, 11) is 0. The lowest BCUT2D eigenvalue weighted by Crippen LogP contribution is -2.29. The monoisotopic (exact) mass is 276 g/mol. The Kier molecular flexibility index (Phi) is 6.65. The predicted octanol–water partition coefficient (Wildman–Crippen LogP) is 0.246. The van der Waals surface area contributed by atoms with Crippen LogP contribution in [0.15, 0.2) is 24.3 Å². The van der Waals surface area contributed by atoms with Crippen LogP contribution in [0.4, 0.5) is 4.79 Å². The third-order valence-corrected chi connectivity index (χ3v) is 2.23. The van der Waals surface area contributed by atoms with Crippen molar-refractivity contribution in [1.29, 1.82) is 0 Å². The Hall–Kier alpha value is -2.52. The molecule has 0 bridgehead atoms. The van der Waals surface area contributed by atoms with E-state index in [4.69, 9.17) is 10.8 Å². The number of primary amides is 1. The lowest BCUT2D eigenvalue weighted by molar-refractivity contribution is 0.0937. The minimum atomic E-state index is -0.875. The van der Waals surface area contributed by atoms with E-state index in [1.165, 1.54) is 0 Å². The number of hydrogen-bond acceptors (Lipinski definition) is 4. The zero-order valence-corrected chi connectivity index (χ0v) is 10.9. The van der Waals surface area contributed by atoms with Gasteiger partial charge in [0.25, 0.3) is 5.91 Å². The maximum atomic E-state index is 11.8. The number of rotatable bonds is 5. The Balaban J connectivity index is 2.54. The maximum Gasteiger partial charge on any atom is 0.404 e. The fraction of sp³-hybridized carbons (Fsp3) is 0.286. The first-order valence-electron chi connectivity index (χ1n) is 6.03. The SMILES string of the molecule is NC(=O)OCCNC(=O)c1cccc(C#CCCO)c1. The molecule has 106 valence electrons. The van der Waals surface area contributed by atoms with Gasteiger partial charge < -0.3 is 20.9 Å². The smallest absolute Gasteiger partial charge is 0.404 e. The highest BCUT2D eigenvalue weighted by atomic mass is 16.5. The van der Waals surface area contributed by atoms with Crippen LogP contribution in [-0.4, -0.2) is 36.9 Å². The van der Waals surface area contributed by atoms with Gasteiger partial charge in [0.05, 0.1) is 13.2 Å². The molecule has 0 aliphatic rings. The van der Waals surface area contributed by atoms with Crippen molar-refractivity contribution >= 4 is 12.0 Å². The van der Waals surface area contributed by atoms with E-state index in [0.717, 1.165) is 0 Å². The van der Waals surface area contributed by atoms with E-state index < -0.39 is 6.09 Å². The van der Waals surface area contributed by atoms with Crippen LogP contribution >= 0.6 is 0 Å². The third kappa shape index (κ3) is 5.89. The summed E-state index contributed by atoms with van der Waals surface area (Å²) in [4.78, 5) is 22.1. The van der Waals surface area contributed by atoms with Gasteiger partial charge in [-0.25, -0.2) is 4.79 Å². The summed E-state index contributed by atoms with van der Waals surface area (Å²) in [5.41, 5.74) is 5.94. The molecule has 0 unspecified atom stereocenters. The van der Waals surface area contributed by atoms with E-state index in [1.807, 2.05) is 0 Å². The molecule has 0 spiro atoms. The van der Waals surface area contributed by atoms with E-state index in [2.05, 4.69) is 21.9 Å². The van der Waals surface area contributed by atoms with Crippen LogP contribution in [0.25, 0.3) is 0 Å². The Labute approximate surface area is 116 Å². The molecule has 6 heteroatoms. The van der Waals surface area contributed by atoms with E-state index >= 15 is 0 Å². The molecule has 0 saturated carbocycles. The summed E-state index contributed by atoms with van der Waals surface area (Å²) in [6.45, 7) is 0.215. The number of carbonyl (C=O) groups is 2. The van der Waals surface area contributed by atoms with Gasteiger partial charge in [-0.3, -0.25) is 4.79 Å². The summed E-state index contributed by atoms with van der Waals surface area (Å²) >= 11 is 0. The fourth-order valence-corrected chi connectivity index (χ4v) is 1.38. The van der Waals surface area contributed by atoms with Crippen molar-refractivity contribution in [2.24, 2.45) is 5.73 Å². The Bertz CT molecular complexity index is 531. The molecule has 0 atom stereocenters. The van der Waals surface area contributed by atoms with Crippen molar-refractivity contribution in [3.05, 3.63) is 35.4 Å². The third-order valence-electron chi connectivity index (χ3n) is 2.23. The van der Waals surface area contributed by atoms with Crippen molar-refractivity contribution < 1.29 is 19.4 Å². The molecule has 0 fully saturated rings. The molecule has 0 aliphatic carbocycles. The van der Waals surface area contributed by atoms with E-state index in [0.29, 0.717) is 17.5 Å². The normalized spacial score (nSPS) is 9.25. The number of nitrogens with two attached hydrogens (primary N) is 1. The molecule has 1 rings (SSSR count). The lowest BCUT2D eigenvalue weighted by Gasteiger charge is -2.05. The second-order valence-corrected chi connectivity index (χ2v) is 3.78. The number of amides is 2. The van der Waals surface area contributed by atoms with Gasteiger partial charge in [-0.1, -0.05) is 17.9 Å². The first-order valence-corrected chi connectivity index (χ1v) is 6.03. The number of carbonyl (C=O) groups excluding carboxylic acids is 2. The number of benzene rings is 1. The zero-order chi connectivity index (χ0) is 14.8. The zero-order valence-electron chi connectivity index (χ0n) is 10.9. The number of aliphatic hydroxyl groups excluding tert-OH is 1. The topological polar surface area (TPSA) is 102 Å². The van der Waals surface area contributed by atoms with Crippen LogP contribution < -0.4 is 11.1 Å². The fourth-order valence-electron chi connectivity index (χ4n) is 1.38. The van der Waals surface area contributed by atoms with Crippen LogP contribution in [-0.2, 0) is 4.74 Å². The summed E-state index contributed by atoms with van der Waals surface area (Å²) in [5.74, 6) is 5.34. The standard InChI is InChI=1S/C14H16N2O4/c15-14(19)20-9-7-16-13(18)12-6-3-5-11(10-12)4-1-2-8-17/h3,5-6,10,17H,2,7-9H2,(H2,15,19)(H,16,18). The average molecular weight is 276 g/mol. The Morgan fingerprint density at radius 1 is 1.40 bits per heavy atom. The second-order valence-electron chi connectivity index (χ2n) is 3.78. The van der Waals surface area contributed by atoms with E-state index in [9.17, 15) is 9.59 Å². The summed E-state index contributed by atoms with van der Waals surface area (Å²) in [6, 6.07) is 6.80. The van der Waals surface area contributed by atoms with Gasteiger partial charge in [0.2, 0.25) is 0 Å². The molecule has 20 heavy (non-hydrogen) atoms. The van der Waals surface area contributed by atoms with Gasteiger partial charge >= 0.3 is 6.09 Å². The molecular formula is C14H16N2O4. The minimum absolute atomic E-state index is 0.00698. The van der Waals surface area contributed by atoms with Crippen LogP contribution in [0.2, 0.25) is 0 Å². The van der Waals surface area contributed by atoms with Crippen LogP contribution in [0.1, 0.15) is 22.3 Å². The molecule has 4 N–H and O–H groups in total. The molecule has 6 nitrogen and oxygen atoms in total. The quantitative estimate of drug-likeness (QED) is 0.530. The van der Waals surface area contributed by atoms with Crippen molar-refractivity contribution in [3.63, 3.8) is 0 Å². The first-order chi connectivity index (χ1) is 9.63. The number of aliphatic hydroxyl groups is 1. The number of ether oxygens (including phenoxy) is 1.